The molecule has 0 spiro atoms. The first-order valence-corrected chi connectivity index (χ1v) is 12.7. The van der Waals surface area contributed by atoms with Crippen molar-refractivity contribution in [2.24, 2.45) is 11.8 Å². The maximum Gasteiger partial charge on any atom is 0.224 e. The van der Waals surface area contributed by atoms with Crippen LogP contribution >= 0.6 is 0 Å². The Morgan fingerprint density at radius 3 is 2.14 bits per heavy atom. The Kier molecular flexibility index (Phi) is 7.69. The summed E-state index contributed by atoms with van der Waals surface area (Å²) in [4.78, 5) is 32.0. The summed E-state index contributed by atoms with van der Waals surface area (Å²) in [5.74, 6) is 2.01. The van der Waals surface area contributed by atoms with Crippen LogP contribution in [0.3, 0.4) is 0 Å². The predicted molar refractivity (Wildman–Crippen MR) is 144 cm³/mol. The van der Waals surface area contributed by atoms with Crippen LogP contribution in [0, 0.1) is 18.8 Å². The molecule has 3 aromatic rings. The summed E-state index contributed by atoms with van der Waals surface area (Å²) < 4.78 is 0. The molecule has 2 aromatic carbocycles. The predicted octanol–water partition coefficient (Wildman–Crippen LogP) is 5.95. The lowest BCUT2D eigenvalue weighted by Gasteiger charge is -2.36. The van der Waals surface area contributed by atoms with E-state index in [1.807, 2.05) is 42.5 Å². The van der Waals surface area contributed by atoms with Crippen molar-refractivity contribution in [3.05, 3.63) is 59.7 Å². The van der Waals surface area contributed by atoms with Crippen molar-refractivity contribution < 1.29 is 9.59 Å². The Morgan fingerprint density at radius 1 is 0.914 bits per heavy atom. The zero-order valence-corrected chi connectivity index (χ0v) is 21.2. The number of nitrogens with zero attached hydrogens (tertiary/aromatic N) is 2. The van der Waals surface area contributed by atoms with Crippen LogP contribution < -0.4 is 15.5 Å². The molecule has 1 fully saturated rings. The van der Waals surface area contributed by atoms with Crippen molar-refractivity contribution in [3.63, 3.8) is 0 Å². The highest BCUT2D eigenvalue weighted by Crippen LogP contribution is 2.29. The molecular formula is C29H36N4O2. The molecule has 1 aliphatic heterocycles. The molecule has 35 heavy (non-hydrogen) atoms. The van der Waals surface area contributed by atoms with Gasteiger partial charge >= 0.3 is 0 Å². The van der Waals surface area contributed by atoms with Gasteiger partial charge in [0, 0.05) is 42.7 Å². The van der Waals surface area contributed by atoms with E-state index in [4.69, 9.17) is 4.98 Å². The van der Waals surface area contributed by atoms with E-state index in [0.29, 0.717) is 11.8 Å². The van der Waals surface area contributed by atoms with Crippen molar-refractivity contribution in [3.8, 4) is 0 Å². The fraction of sp³-hybridized carbons (Fsp3) is 0.414. The first-order valence-electron chi connectivity index (χ1n) is 12.7. The van der Waals surface area contributed by atoms with Crippen LogP contribution in [0.2, 0.25) is 0 Å². The average Bonchev–Trinajstić information content (AvgIpc) is 2.83. The molecule has 0 bridgehead atoms. The molecular weight excluding hydrogens is 436 g/mol. The van der Waals surface area contributed by atoms with Gasteiger partial charge in [0.05, 0.1) is 5.52 Å². The molecule has 1 saturated heterocycles. The molecule has 6 heteroatoms. The van der Waals surface area contributed by atoms with Gasteiger partial charge < -0.3 is 15.5 Å². The Balaban J connectivity index is 1.35. The number of carbonyl (C=O) groups excluding carboxylic acids is 2. The molecule has 184 valence electrons. The highest BCUT2D eigenvalue weighted by molar-refractivity contribution is 5.98. The van der Waals surface area contributed by atoms with Crippen LogP contribution in [0.1, 0.15) is 51.2 Å². The molecule has 0 saturated carbocycles. The van der Waals surface area contributed by atoms with Crippen LogP contribution in [0.4, 0.5) is 17.2 Å². The Bertz CT molecular complexity index is 1200. The minimum absolute atomic E-state index is 0.123. The Morgan fingerprint density at radius 2 is 1.51 bits per heavy atom. The molecule has 0 unspecified atom stereocenters. The van der Waals surface area contributed by atoms with Crippen LogP contribution in [-0.2, 0) is 16.0 Å². The van der Waals surface area contributed by atoms with Crippen LogP contribution in [0.15, 0.2) is 48.5 Å². The van der Waals surface area contributed by atoms with Crippen molar-refractivity contribution >= 4 is 39.9 Å². The third-order valence-corrected chi connectivity index (χ3v) is 6.70. The topological polar surface area (TPSA) is 74.3 Å². The maximum absolute atomic E-state index is 12.5. The first-order chi connectivity index (χ1) is 16.8. The summed E-state index contributed by atoms with van der Waals surface area (Å²) in [6, 6.07) is 15.7. The average molecular weight is 473 g/mol. The molecule has 2 atom stereocenters. The smallest absolute Gasteiger partial charge is 0.224 e. The summed E-state index contributed by atoms with van der Waals surface area (Å²) in [6.07, 6.45) is 2.47. The van der Waals surface area contributed by atoms with Gasteiger partial charge in [0.15, 0.2) is 0 Å². The third kappa shape index (κ3) is 6.38. The SMILES string of the molecule is CCc1ccc(NC(=O)CCC(=O)Nc2ccc3nc(N4C[C@H](C)C[C@H](C)C4)cc(C)c3c2)cc1. The lowest BCUT2D eigenvalue weighted by atomic mass is 9.92. The van der Waals surface area contributed by atoms with Gasteiger partial charge in [0.25, 0.3) is 0 Å². The molecule has 1 aromatic heterocycles. The molecule has 2 N–H and O–H groups in total. The number of fused-ring (bicyclic) bond motifs is 1. The summed E-state index contributed by atoms with van der Waals surface area (Å²) >= 11 is 0. The second-order valence-electron chi connectivity index (χ2n) is 10.0. The van der Waals surface area contributed by atoms with E-state index in [1.165, 1.54) is 12.0 Å². The quantitative estimate of drug-likeness (QED) is 0.446. The minimum atomic E-state index is -0.181. The van der Waals surface area contributed by atoms with E-state index in [0.717, 1.165) is 53.2 Å². The monoisotopic (exact) mass is 472 g/mol. The third-order valence-electron chi connectivity index (χ3n) is 6.70. The summed E-state index contributed by atoms with van der Waals surface area (Å²) in [6.45, 7) is 10.9. The van der Waals surface area contributed by atoms with E-state index in [2.05, 4.69) is 49.3 Å². The number of aryl methyl sites for hydroxylation is 2. The first kappa shape index (κ1) is 24.7. The van der Waals surface area contributed by atoms with Gasteiger partial charge in [-0.25, -0.2) is 4.98 Å². The van der Waals surface area contributed by atoms with E-state index < -0.39 is 0 Å². The number of aromatic nitrogens is 1. The highest BCUT2D eigenvalue weighted by atomic mass is 16.2. The van der Waals surface area contributed by atoms with Gasteiger partial charge in [-0.2, -0.15) is 0 Å². The molecule has 0 aliphatic carbocycles. The lowest BCUT2D eigenvalue weighted by molar-refractivity contribution is -0.121. The van der Waals surface area contributed by atoms with Gasteiger partial charge in [0.1, 0.15) is 5.82 Å². The molecule has 0 radical (unpaired) electrons. The summed E-state index contributed by atoms with van der Waals surface area (Å²) in [5, 5.41) is 6.80. The standard InChI is InChI=1S/C29H36N4O2/c1-5-22-6-8-23(9-7-22)30-28(34)12-13-29(35)31-24-10-11-26-25(16-24)21(4)15-27(32-26)33-17-19(2)14-20(3)18-33/h6-11,15-16,19-20H,5,12-14,17-18H2,1-4H3,(H,30,34)(H,31,35)/t19-,20+. The number of carbonyl (C=O) groups is 2. The van der Waals surface area contributed by atoms with E-state index in [9.17, 15) is 9.59 Å². The number of hydrogen-bond donors (Lipinski definition) is 2. The van der Waals surface area contributed by atoms with E-state index >= 15 is 0 Å². The van der Waals surface area contributed by atoms with Crippen molar-refractivity contribution in [2.75, 3.05) is 28.6 Å². The van der Waals surface area contributed by atoms with Gasteiger partial charge in [-0.05, 0) is 79.1 Å². The number of rotatable bonds is 7. The highest BCUT2D eigenvalue weighted by Gasteiger charge is 2.23. The molecule has 6 nitrogen and oxygen atoms in total. The van der Waals surface area contributed by atoms with Crippen LogP contribution in [-0.4, -0.2) is 29.9 Å². The molecule has 1 aliphatic rings. The second-order valence-corrected chi connectivity index (χ2v) is 10.0. The number of anilines is 3. The fourth-order valence-electron chi connectivity index (χ4n) is 4.96. The zero-order chi connectivity index (χ0) is 24.9. The van der Waals surface area contributed by atoms with Crippen LogP contribution in [0.5, 0.6) is 0 Å². The fourth-order valence-corrected chi connectivity index (χ4v) is 4.96. The van der Waals surface area contributed by atoms with Crippen molar-refractivity contribution in [2.45, 2.75) is 53.4 Å². The molecule has 2 heterocycles. The maximum atomic E-state index is 12.5. The van der Waals surface area contributed by atoms with Crippen molar-refractivity contribution in [1.29, 1.82) is 0 Å². The zero-order valence-electron chi connectivity index (χ0n) is 21.2. The number of pyridine rings is 1. The van der Waals surface area contributed by atoms with Crippen molar-refractivity contribution in [1.82, 2.24) is 4.98 Å². The van der Waals surface area contributed by atoms with E-state index in [-0.39, 0.29) is 24.7 Å². The number of piperidine rings is 1. The largest absolute Gasteiger partial charge is 0.356 e. The van der Waals surface area contributed by atoms with Gasteiger partial charge in [0.2, 0.25) is 11.8 Å². The summed E-state index contributed by atoms with van der Waals surface area (Å²) in [5.41, 5.74) is 4.75. The Labute approximate surface area is 208 Å². The van der Waals surface area contributed by atoms with Gasteiger partial charge in [-0.15, -0.1) is 0 Å². The number of hydrogen-bond acceptors (Lipinski definition) is 4. The lowest BCUT2D eigenvalue weighted by Crippen LogP contribution is -2.39. The minimum Gasteiger partial charge on any atom is -0.356 e. The second kappa shape index (κ2) is 10.9. The van der Waals surface area contributed by atoms with E-state index in [1.54, 1.807) is 0 Å². The molecule has 4 rings (SSSR count). The van der Waals surface area contributed by atoms with Gasteiger partial charge in [-0.1, -0.05) is 32.9 Å². The van der Waals surface area contributed by atoms with Crippen LogP contribution in [0.25, 0.3) is 10.9 Å². The number of nitrogens with one attached hydrogen (secondary N) is 2. The normalized spacial score (nSPS) is 17.9. The number of amides is 2. The number of benzene rings is 2. The summed E-state index contributed by atoms with van der Waals surface area (Å²) in [7, 11) is 0. The van der Waals surface area contributed by atoms with Gasteiger partial charge in [-0.3, -0.25) is 9.59 Å². The Hall–Kier alpha value is -3.41. The molecule has 2 amide bonds.